The van der Waals surface area contributed by atoms with Gasteiger partial charge in [-0.05, 0) is 42.3 Å². The van der Waals surface area contributed by atoms with E-state index in [0.717, 1.165) is 37.3 Å². The molecule has 2 aromatic carbocycles. The van der Waals surface area contributed by atoms with Crippen LogP contribution in [0.4, 0.5) is 14.5 Å². The van der Waals surface area contributed by atoms with E-state index in [2.05, 4.69) is 10.2 Å². The van der Waals surface area contributed by atoms with Gasteiger partial charge in [0.2, 0.25) is 5.91 Å². The minimum absolute atomic E-state index is 0.204. The molecule has 0 aliphatic carbocycles. The summed E-state index contributed by atoms with van der Waals surface area (Å²) in [5.74, 6) is -0.776. The van der Waals surface area contributed by atoms with Gasteiger partial charge in [0.05, 0.1) is 19.3 Å². The number of hydrogen-bond donors (Lipinski definition) is 1. The Hall–Kier alpha value is -2.51. The van der Waals surface area contributed by atoms with Crippen molar-refractivity contribution in [3.05, 3.63) is 59.2 Å². The van der Waals surface area contributed by atoms with Gasteiger partial charge in [-0.1, -0.05) is 12.1 Å². The number of halogens is 2. The number of rotatable bonds is 6. The van der Waals surface area contributed by atoms with Crippen molar-refractivity contribution in [2.45, 2.75) is 13.5 Å². The van der Waals surface area contributed by atoms with Crippen LogP contribution < -0.4 is 10.1 Å². The predicted octanol–water partition coefficient (Wildman–Crippen LogP) is 3.04. The number of piperazine rings is 1. The van der Waals surface area contributed by atoms with Crippen molar-refractivity contribution in [2.24, 2.45) is 0 Å². The van der Waals surface area contributed by atoms with Gasteiger partial charge in [0.25, 0.3) is 0 Å². The fourth-order valence-corrected chi connectivity index (χ4v) is 3.29. The highest BCUT2D eigenvalue weighted by molar-refractivity contribution is 5.92. The zero-order chi connectivity index (χ0) is 20.1. The van der Waals surface area contributed by atoms with Gasteiger partial charge in [-0.15, -0.1) is 0 Å². The first-order chi connectivity index (χ1) is 13.4. The molecule has 1 N–H and O–H groups in total. The lowest BCUT2D eigenvalue weighted by molar-refractivity contribution is -0.117. The highest BCUT2D eigenvalue weighted by Gasteiger charge is 2.20. The second-order valence-corrected chi connectivity index (χ2v) is 7.05. The summed E-state index contributed by atoms with van der Waals surface area (Å²) in [6.45, 7) is 5.67. The zero-order valence-corrected chi connectivity index (χ0v) is 16.2. The SMILES string of the molecule is COc1ccc(CN2CCN(CC(=O)Nc3ccc(C)cc3F)CC2)cc1F. The predicted molar refractivity (Wildman–Crippen MR) is 104 cm³/mol. The van der Waals surface area contributed by atoms with Gasteiger partial charge in [0.1, 0.15) is 5.82 Å². The van der Waals surface area contributed by atoms with Crippen molar-refractivity contribution in [2.75, 3.05) is 45.2 Å². The first-order valence-corrected chi connectivity index (χ1v) is 9.28. The monoisotopic (exact) mass is 389 g/mol. The lowest BCUT2D eigenvalue weighted by Gasteiger charge is -2.34. The van der Waals surface area contributed by atoms with E-state index in [-0.39, 0.29) is 29.7 Å². The molecule has 2 aromatic rings. The Balaban J connectivity index is 1.46. The van der Waals surface area contributed by atoms with Gasteiger partial charge >= 0.3 is 0 Å². The quantitative estimate of drug-likeness (QED) is 0.825. The van der Waals surface area contributed by atoms with Crippen molar-refractivity contribution < 1.29 is 18.3 Å². The van der Waals surface area contributed by atoms with Gasteiger partial charge in [0.15, 0.2) is 11.6 Å². The molecule has 150 valence electrons. The van der Waals surface area contributed by atoms with Crippen molar-refractivity contribution in [1.29, 1.82) is 0 Å². The molecule has 7 heteroatoms. The topological polar surface area (TPSA) is 44.8 Å². The number of aryl methyl sites for hydroxylation is 1. The van der Waals surface area contributed by atoms with E-state index < -0.39 is 5.82 Å². The van der Waals surface area contributed by atoms with Crippen LogP contribution in [-0.2, 0) is 11.3 Å². The molecule has 0 atom stereocenters. The van der Waals surface area contributed by atoms with Gasteiger partial charge in [-0.25, -0.2) is 8.78 Å². The number of hydrogen-bond acceptors (Lipinski definition) is 4. The molecule has 0 bridgehead atoms. The Morgan fingerprint density at radius 3 is 2.39 bits per heavy atom. The number of nitrogens with one attached hydrogen (secondary N) is 1. The largest absolute Gasteiger partial charge is 0.494 e. The maximum absolute atomic E-state index is 13.9. The van der Waals surface area contributed by atoms with Crippen molar-refractivity contribution in [3.63, 3.8) is 0 Å². The first kappa shape index (κ1) is 20.2. The second kappa shape index (κ2) is 9.12. The molecule has 0 aromatic heterocycles. The van der Waals surface area contributed by atoms with Crippen LogP contribution in [-0.4, -0.2) is 55.5 Å². The third-order valence-corrected chi connectivity index (χ3v) is 4.85. The van der Waals surface area contributed by atoms with Crippen LogP contribution in [0.25, 0.3) is 0 Å². The van der Waals surface area contributed by atoms with Crippen LogP contribution in [0.3, 0.4) is 0 Å². The van der Waals surface area contributed by atoms with Crippen LogP contribution in [0.2, 0.25) is 0 Å². The smallest absolute Gasteiger partial charge is 0.238 e. The van der Waals surface area contributed by atoms with E-state index >= 15 is 0 Å². The summed E-state index contributed by atoms with van der Waals surface area (Å²) in [6, 6.07) is 9.73. The first-order valence-electron chi connectivity index (χ1n) is 9.28. The Morgan fingerprint density at radius 2 is 1.75 bits per heavy atom. The zero-order valence-electron chi connectivity index (χ0n) is 16.2. The summed E-state index contributed by atoms with van der Waals surface area (Å²) in [5, 5.41) is 2.63. The van der Waals surface area contributed by atoms with E-state index in [4.69, 9.17) is 4.74 Å². The van der Waals surface area contributed by atoms with Crippen molar-refractivity contribution in [3.8, 4) is 5.75 Å². The number of ether oxygens (including phenoxy) is 1. The molecular weight excluding hydrogens is 364 g/mol. The van der Waals surface area contributed by atoms with E-state index in [9.17, 15) is 13.6 Å². The molecule has 0 saturated carbocycles. The molecule has 1 aliphatic rings. The lowest BCUT2D eigenvalue weighted by atomic mass is 10.2. The van der Waals surface area contributed by atoms with Crippen molar-refractivity contribution >= 4 is 11.6 Å². The number of carbonyl (C=O) groups is 1. The van der Waals surface area contributed by atoms with Crippen LogP contribution in [0.1, 0.15) is 11.1 Å². The molecule has 1 saturated heterocycles. The molecule has 0 radical (unpaired) electrons. The molecule has 1 heterocycles. The maximum Gasteiger partial charge on any atom is 0.238 e. The number of benzene rings is 2. The van der Waals surface area contributed by atoms with Gasteiger partial charge < -0.3 is 10.1 Å². The fourth-order valence-electron chi connectivity index (χ4n) is 3.29. The summed E-state index contributed by atoms with van der Waals surface area (Å²) in [5.41, 5.74) is 1.90. The lowest BCUT2D eigenvalue weighted by Crippen LogP contribution is -2.48. The summed E-state index contributed by atoms with van der Waals surface area (Å²) < 4.78 is 32.6. The Bertz CT molecular complexity index is 836. The summed E-state index contributed by atoms with van der Waals surface area (Å²) in [7, 11) is 1.45. The van der Waals surface area contributed by atoms with Crippen LogP contribution >= 0.6 is 0 Å². The number of nitrogens with zero attached hydrogens (tertiary/aromatic N) is 2. The highest BCUT2D eigenvalue weighted by atomic mass is 19.1. The number of amides is 1. The molecule has 1 fully saturated rings. The van der Waals surface area contributed by atoms with E-state index in [1.165, 1.54) is 19.2 Å². The standard InChI is InChI=1S/C21H25F2N3O2/c1-15-3-5-19(17(22)11-15)24-21(27)14-26-9-7-25(8-10-26)13-16-4-6-20(28-2)18(23)12-16/h3-6,11-12H,7-10,13-14H2,1-2H3,(H,24,27). The van der Waals surface area contributed by atoms with Gasteiger partial charge in [0, 0.05) is 32.7 Å². The Labute approximate surface area is 163 Å². The normalized spacial score (nSPS) is 15.4. The third-order valence-electron chi connectivity index (χ3n) is 4.85. The molecule has 5 nitrogen and oxygen atoms in total. The van der Waals surface area contributed by atoms with Gasteiger partial charge in [-0.2, -0.15) is 0 Å². The number of methoxy groups -OCH3 is 1. The molecule has 3 rings (SSSR count). The fraction of sp³-hybridized carbons (Fsp3) is 0.381. The molecule has 28 heavy (non-hydrogen) atoms. The Kier molecular flexibility index (Phi) is 6.59. The summed E-state index contributed by atoms with van der Waals surface area (Å²) in [4.78, 5) is 16.5. The average Bonchev–Trinajstić information content (AvgIpc) is 2.66. The minimum Gasteiger partial charge on any atom is -0.494 e. The van der Waals surface area contributed by atoms with E-state index in [1.54, 1.807) is 25.1 Å². The third kappa shape index (κ3) is 5.27. The second-order valence-electron chi connectivity index (χ2n) is 7.05. The number of anilines is 1. The van der Waals surface area contributed by atoms with E-state index in [1.807, 2.05) is 11.0 Å². The van der Waals surface area contributed by atoms with Crippen LogP contribution in [0.15, 0.2) is 36.4 Å². The van der Waals surface area contributed by atoms with Gasteiger partial charge in [-0.3, -0.25) is 14.6 Å². The molecule has 1 aliphatic heterocycles. The highest BCUT2D eigenvalue weighted by Crippen LogP contribution is 2.19. The molecule has 0 spiro atoms. The van der Waals surface area contributed by atoms with Crippen LogP contribution in [0.5, 0.6) is 5.75 Å². The Morgan fingerprint density at radius 1 is 1.04 bits per heavy atom. The van der Waals surface area contributed by atoms with Crippen molar-refractivity contribution in [1.82, 2.24) is 9.80 Å². The van der Waals surface area contributed by atoms with Crippen LogP contribution in [0, 0.1) is 18.6 Å². The summed E-state index contributed by atoms with van der Waals surface area (Å²) >= 11 is 0. The molecular formula is C21H25F2N3O2. The number of carbonyl (C=O) groups excluding carboxylic acids is 1. The summed E-state index contributed by atoms with van der Waals surface area (Å²) in [6.07, 6.45) is 0. The van der Waals surface area contributed by atoms with E-state index in [0.29, 0.717) is 6.54 Å². The molecule has 1 amide bonds. The average molecular weight is 389 g/mol. The minimum atomic E-state index is -0.426. The maximum atomic E-state index is 13.9. The molecule has 0 unspecified atom stereocenters.